The quantitative estimate of drug-likeness (QED) is 0.396. The second kappa shape index (κ2) is 9.16. The smallest absolute Gasteiger partial charge is 0.189 e. The number of nitrogens with one attached hydrogen (secondary N) is 1. The molecule has 0 unspecified atom stereocenters. The summed E-state index contributed by atoms with van der Waals surface area (Å²) in [6.07, 6.45) is 5.08. The Morgan fingerprint density at radius 3 is 2.58 bits per heavy atom. The molecular weight excluding hydrogens is 421 g/mol. The normalized spacial score (nSPS) is 23.1. The zero-order valence-electron chi connectivity index (χ0n) is 17.2. The van der Waals surface area contributed by atoms with Crippen LogP contribution in [-0.2, 0) is 4.74 Å². The number of hydrogen-bond acceptors (Lipinski definition) is 6. The molecule has 3 atom stereocenters. The van der Waals surface area contributed by atoms with E-state index in [9.17, 15) is 9.18 Å². The highest BCUT2D eigenvalue weighted by Gasteiger charge is 2.37. The van der Waals surface area contributed by atoms with Gasteiger partial charge in [0.05, 0.1) is 37.4 Å². The van der Waals surface area contributed by atoms with Crippen LogP contribution in [0.1, 0.15) is 23.2 Å². The Morgan fingerprint density at radius 2 is 1.94 bits per heavy atom. The van der Waals surface area contributed by atoms with Crippen molar-refractivity contribution in [3.8, 4) is 5.75 Å². The second-order valence-electron chi connectivity index (χ2n) is 7.87. The number of rotatable bonds is 6. The Bertz CT molecular complexity index is 969. The summed E-state index contributed by atoms with van der Waals surface area (Å²) in [5, 5.41) is 3.85. The first-order valence-electron chi connectivity index (χ1n) is 10.2. The zero-order chi connectivity index (χ0) is 22.0. The molecule has 6 nitrogen and oxygen atoms in total. The van der Waals surface area contributed by atoms with Gasteiger partial charge in [0, 0.05) is 35.3 Å². The van der Waals surface area contributed by atoms with E-state index in [4.69, 9.17) is 26.8 Å². The fourth-order valence-corrected chi connectivity index (χ4v) is 4.52. The van der Waals surface area contributed by atoms with Gasteiger partial charge in [-0.05, 0) is 49.2 Å². The highest BCUT2D eigenvalue weighted by molar-refractivity contribution is 6.32. The third-order valence-corrected chi connectivity index (χ3v) is 6.07. The van der Waals surface area contributed by atoms with E-state index in [2.05, 4.69) is 10.2 Å². The lowest BCUT2D eigenvalue weighted by molar-refractivity contribution is -0.0515. The number of ketones is 1. The first kappa shape index (κ1) is 21.5. The van der Waals surface area contributed by atoms with Crippen LogP contribution < -0.4 is 15.8 Å². The summed E-state index contributed by atoms with van der Waals surface area (Å²) in [6.45, 7) is 1.18. The van der Waals surface area contributed by atoms with Crippen LogP contribution in [-0.4, -0.2) is 49.1 Å². The van der Waals surface area contributed by atoms with Crippen LogP contribution in [0.4, 0.5) is 15.8 Å². The van der Waals surface area contributed by atoms with Gasteiger partial charge < -0.3 is 25.4 Å². The minimum Gasteiger partial charge on any atom is -0.495 e. The molecule has 8 heteroatoms. The van der Waals surface area contributed by atoms with Gasteiger partial charge in [-0.3, -0.25) is 4.79 Å². The van der Waals surface area contributed by atoms with E-state index in [1.54, 1.807) is 18.2 Å². The standard InChI is InChI=1S/C23H25ClFN3O3/c1-30-23-10-19(21(26)11-20(23)24)22(29)6-7-28-17-8-16(9-18(28)13-31-12-17)27-15-4-2-14(25)3-5-15/h2-7,10-11,16-18,27H,8-9,12-13,26H2,1H3/b7-6+/t16-,17+,18-. The summed E-state index contributed by atoms with van der Waals surface area (Å²) in [6, 6.07) is 10.0. The molecular formula is C23H25ClFN3O3. The molecule has 3 N–H and O–H groups in total. The molecule has 4 rings (SSSR count). The average Bonchev–Trinajstić information content (AvgIpc) is 2.73. The molecule has 2 aromatic rings. The Hall–Kier alpha value is -2.77. The number of carbonyl (C=O) groups excluding carboxylic acids is 1. The van der Waals surface area contributed by atoms with Crippen molar-refractivity contribution in [3.63, 3.8) is 0 Å². The molecule has 2 saturated heterocycles. The van der Waals surface area contributed by atoms with Crippen LogP contribution in [0, 0.1) is 5.82 Å². The Kier molecular flexibility index (Phi) is 6.34. The SMILES string of the molecule is COc1cc(C(=O)/C=C/N2[C@@H]3COC[C@H]2C[C@H](Nc2ccc(F)cc2)C3)c(N)cc1Cl. The molecule has 0 spiro atoms. The molecule has 0 aliphatic carbocycles. The molecule has 2 bridgehead atoms. The van der Waals surface area contributed by atoms with Crippen LogP contribution >= 0.6 is 11.6 Å². The van der Waals surface area contributed by atoms with Crippen LogP contribution in [0.3, 0.4) is 0 Å². The van der Waals surface area contributed by atoms with Gasteiger partial charge in [0.2, 0.25) is 0 Å². The minimum absolute atomic E-state index is 0.145. The fourth-order valence-electron chi connectivity index (χ4n) is 4.27. The molecule has 2 aliphatic heterocycles. The Labute approximate surface area is 185 Å². The predicted octanol–water partition coefficient (Wildman–Crippen LogP) is 4.11. The number of ether oxygens (including phenoxy) is 2. The van der Waals surface area contributed by atoms with Gasteiger partial charge in [-0.25, -0.2) is 4.39 Å². The topological polar surface area (TPSA) is 76.8 Å². The molecule has 2 heterocycles. The molecule has 2 aliphatic rings. The summed E-state index contributed by atoms with van der Waals surface area (Å²) in [5.74, 6) is -0.0528. The lowest BCUT2D eigenvalue weighted by atomic mass is 9.90. The lowest BCUT2D eigenvalue weighted by Gasteiger charge is -2.48. The number of allylic oxidation sites excluding steroid dienone is 1. The van der Waals surface area contributed by atoms with Crippen molar-refractivity contribution >= 4 is 28.8 Å². The van der Waals surface area contributed by atoms with E-state index in [0.29, 0.717) is 35.2 Å². The molecule has 2 aromatic carbocycles. The van der Waals surface area contributed by atoms with E-state index in [1.807, 2.05) is 6.20 Å². The third-order valence-electron chi connectivity index (χ3n) is 5.78. The first-order chi connectivity index (χ1) is 14.9. The van der Waals surface area contributed by atoms with Crippen molar-refractivity contribution in [1.82, 2.24) is 4.90 Å². The first-order valence-corrected chi connectivity index (χ1v) is 10.5. The van der Waals surface area contributed by atoms with Crippen LogP contribution in [0.15, 0.2) is 48.7 Å². The van der Waals surface area contributed by atoms with Crippen molar-refractivity contribution in [2.75, 3.05) is 31.4 Å². The molecule has 31 heavy (non-hydrogen) atoms. The predicted molar refractivity (Wildman–Crippen MR) is 119 cm³/mol. The van der Waals surface area contributed by atoms with E-state index in [-0.39, 0.29) is 29.7 Å². The highest BCUT2D eigenvalue weighted by atomic mass is 35.5. The van der Waals surface area contributed by atoms with E-state index in [0.717, 1.165) is 18.5 Å². The average molecular weight is 446 g/mol. The van der Waals surface area contributed by atoms with Crippen LogP contribution in [0.25, 0.3) is 0 Å². The fraction of sp³-hybridized carbons (Fsp3) is 0.348. The van der Waals surface area contributed by atoms with Gasteiger partial charge in [-0.15, -0.1) is 0 Å². The maximum Gasteiger partial charge on any atom is 0.189 e. The number of methoxy groups -OCH3 is 1. The Morgan fingerprint density at radius 1 is 1.26 bits per heavy atom. The molecule has 2 fully saturated rings. The van der Waals surface area contributed by atoms with E-state index >= 15 is 0 Å². The number of nitrogens with two attached hydrogens (primary N) is 1. The summed E-state index contributed by atoms with van der Waals surface area (Å²) in [5.41, 5.74) is 7.55. The summed E-state index contributed by atoms with van der Waals surface area (Å²) in [7, 11) is 1.49. The summed E-state index contributed by atoms with van der Waals surface area (Å²) >= 11 is 6.07. The molecule has 164 valence electrons. The largest absolute Gasteiger partial charge is 0.495 e. The van der Waals surface area contributed by atoms with E-state index in [1.165, 1.54) is 31.4 Å². The van der Waals surface area contributed by atoms with Crippen molar-refractivity contribution in [1.29, 1.82) is 0 Å². The van der Waals surface area contributed by atoms with Crippen LogP contribution in [0.5, 0.6) is 5.75 Å². The number of carbonyl (C=O) groups is 1. The third kappa shape index (κ3) is 4.78. The number of hydrogen-bond donors (Lipinski definition) is 2. The van der Waals surface area contributed by atoms with Gasteiger partial charge in [-0.2, -0.15) is 0 Å². The van der Waals surface area contributed by atoms with Gasteiger partial charge >= 0.3 is 0 Å². The summed E-state index contributed by atoms with van der Waals surface area (Å²) in [4.78, 5) is 15.0. The molecule has 0 amide bonds. The highest BCUT2D eigenvalue weighted by Crippen LogP contribution is 2.32. The zero-order valence-corrected chi connectivity index (χ0v) is 17.9. The van der Waals surface area contributed by atoms with Gasteiger partial charge in [-0.1, -0.05) is 11.6 Å². The van der Waals surface area contributed by atoms with E-state index < -0.39 is 0 Å². The number of morpholine rings is 1. The second-order valence-corrected chi connectivity index (χ2v) is 8.27. The maximum absolute atomic E-state index is 13.2. The van der Waals surface area contributed by atoms with Gasteiger partial charge in [0.15, 0.2) is 5.78 Å². The molecule has 0 radical (unpaired) electrons. The summed E-state index contributed by atoms with van der Waals surface area (Å²) < 4.78 is 24.1. The number of benzene rings is 2. The monoisotopic (exact) mass is 445 g/mol. The van der Waals surface area contributed by atoms with Crippen molar-refractivity contribution in [2.45, 2.75) is 31.0 Å². The lowest BCUT2D eigenvalue weighted by Crippen LogP contribution is -2.56. The number of halogens is 2. The number of piperidine rings is 1. The maximum atomic E-state index is 13.2. The number of anilines is 2. The van der Waals surface area contributed by atoms with Gasteiger partial charge in [0.25, 0.3) is 0 Å². The number of nitrogens with zero attached hydrogens (tertiary/aromatic N) is 1. The van der Waals surface area contributed by atoms with Gasteiger partial charge in [0.1, 0.15) is 11.6 Å². The molecule has 0 saturated carbocycles. The number of fused-ring (bicyclic) bond motifs is 2. The van der Waals surface area contributed by atoms with Crippen molar-refractivity contribution in [3.05, 3.63) is 65.1 Å². The Balaban J connectivity index is 1.45. The number of nitrogen functional groups attached to an aromatic ring is 1. The van der Waals surface area contributed by atoms with Crippen molar-refractivity contribution < 1.29 is 18.7 Å². The van der Waals surface area contributed by atoms with Crippen molar-refractivity contribution in [2.24, 2.45) is 0 Å². The molecule has 0 aromatic heterocycles. The minimum atomic E-state index is -0.251. The van der Waals surface area contributed by atoms with Crippen LogP contribution in [0.2, 0.25) is 5.02 Å².